The Balaban J connectivity index is 0.00000324. The van der Waals surface area contributed by atoms with Crippen LogP contribution in [0.25, 0.3) is 0 Å². The van der Waals surface area contributed by atoms with Crippen LogP contribution in [-0.4, -0.2) is 37.5 Å². The number of halogens is 1. The molecule has 0 spiro atoms. The van der Waals surface area contributed by atoms with E-state index >= 15 is 0 Å². The normalized spacial score (nSPS) is 15.9. The van der Waals surface area contributed by atoms with E-state index in [2.05, 4.69) is 17.1 Å². The third kappa shape index (κ3) is 7.78. The number of amides is 1. The molecule has 0 atom stereocenters. The highest BCUT2D eigenvalue weighted by Gasteiger charge is 2.19. The molecule has 1 N–H and O–H groups in total. The van der Waals surface area contributed by atoms with Gasteiger partial charge in [-0.3, -0.25) is 4.79 Å². The fourth-order valence-electron chi connectivity index (χ4n) is 2.84. The lowest BCUT2D eigenvalue weighted by Crippen LogP contribution is -2.36. The predicted molar refractivity (Wildman–Crippen MR) is 83.9 cm³/mol. The first-order valence-electron chi connectivity index (χ1n) is 7.70. The molecule has 1 aliphatic carbocycles. The summed E-state index contributed by atoms with van der Waals surface area (Å²) in [5.74, 6) is 1.12. The molecule has 0 aromatic heterocycles. The lowest BCUT2D eigenvalue weighted by Gasteiger charge is -2.29. The van der Waals surface area contributed by atoms with E-state index in [0.717, 1.165) is 38.4 Å². The van der Waals surface area contributed by atoms with Crippen molar-refractivity contribution < 1.29 is 4.79 Å². The molecule has 0 radical (unpaired) electrons. The van der Waals surface area contributed by atoms with Crippen molar-refractivity contribution in [2.45, 2.75) is 58.3 Å². The van der Waals surface area contributed by atoms with Gasteiger partial charge in [0.2, 0.25) is 5.91 Å². The van der Waals surface area contributed by atoms with Crippen LogP contribution >= 0.6 is 12.4 Å². The molecule has 0 unspecified atom stereocenters. The van der Waals surface area contributed by atoms with Gasteiger partial charge in [-0.1, -0.05) is 26.2 Å². The van der Waals surface area contributed by atoms with E-state index in [1.54, 1.807) is 0 Å². The molecule has 0 aliphatic heterocycles. The van der Waals surface area contributed by atoms with Gasteiger partial charge in [-0.2, -0.15) is 0 Å². The molecule has 1 aliphatic rings. The summed E-state index contributed by atoms with van der Waals surface area (Å²) in [6.07, 6.45) is 9.49. The van der Waals surface area contributed by atoms with Crippen LogP contribution in [0.5, 0.6) is 0 Å². The van der Waals surface area contributed by atoms with Gasteiger partial charge in [-0.25, -0.2) is 0 Å². The second-order valence-corrected chi connectivity index (χ2v) is 5.55. The number of carbonyl (C=O) groups is 1. The van der Waals surface area contributed by atoms with Crippen molar-refractivity contribution in [3.05, 3.63) is 0 Å². The highest BCUT2D eigenvalue weighted by Crippen LogP contribution is 2.24. The zero-order valence-electron chi connectivity index (χ0n) is 12.6. The average molecular weight is 291 g/mol. The van der Waals surface area contributed by atoms with Gasteiger partial charge >= 0.3 is 0 Å². The Morgan fingerprint density at radius 1 is 1.26 bits per heavy atom. The molecule has 3 nitrogen and oxygen atoms in total. The minimum atomic E-state index is 0. The average Bonchev–Trinajstić information content (AvgIpc) is 2.39. The maximum Gasteiger partial charge on any atom is 0.222 e. The van der Waals surface area contributed by atoms with Crippen LogP contribution in [0.4, 0.5) is 0 Å². The summed E-state index contributed by atoms with van der Waals surface area (Å²) in [6.45, 7) is 5.05. The second kappa shape index (κ2) is 11.5. The predicted octanol–water partition coefficient (Wildman–Crippen LogP) is 3.23. The Kier molecular flexibility index (Phi) is 11.4. The number of nitrogens with one attached hydrogen (secondary N) is 1. The van der Waals surface area contributed by atoms with Gasteiger partial charge in [0.05, 0.1) is 0 Å². The molecule has 0 bridgehead atoms. The number of hydrogen-bond donors (Lipinski definition) is 1. The Labute approximate surface area is 124 Å². The van der Waals surface area contributed by atoms with Crippen LogP contribution in [-0.2, 0) is 4.79 Å². The molecule has 1 rings (SSSR count). The molecule has 19 heavy (non-hydrogen) atoms. The van der Waals surface area contributed by atoms with Gasteiger partial charge in [0.1, 0.15) is 0 Å². The van der Waals surface area contributed by atoms with Gasteiger partial charge < -0.3 is 10.2 Å². The topological polar surface area (TPSA) is 32.3 Å². The van der Waals surface area contributed by atoms with Crippen molar-refractivity contribution in [2.24, 2.45) is 5.92 Å². The molecule has 1 saturated carbocycles. The molecule has 0 aromatic carbocycles. The maximum absolute atomic E-state index is 12.2. The quantitative estimate of drug-likeness (QED) is 0.696. The van der Waals surface area contributed by atoms with E-state index in [1.165, 1.54) is 32.1 Å². The van der Waals surface area contributed by atoms with Crippen molar-refractivity contribution in [3.63, 3.8) is 0 Å². The molecule has 1 amide bonds. The van der Waals surface area contributed by atoms with Crippen LogP contribution in [0.1, 0.15) is 58.3 Å². The lowest BCUT2D eigenvalue weighted by atomic mass is 9.89. The number of hydrogen-bond acceptors (Lipinski definition) is 2. The molecule has 4 heteroatoms. The molecular formula is C15H31ClN2O. The number of rotatable bonds is 8. The molecular weight excluding hydrogens is 260 g/mol. The molecule has 0 heterocycles. The molecule has 114 valence electrons. The van der Waals surface area contributed by atoms with E-state index in [9.17, 15) is 4.79 Å². The standard InChI is InChI=1S/C15H30N2O.ClH/c1-3-12-17(15(18)10-7-11-16-2)13-14-8-5-4-6-9-14;/h14,16H,3-13H2,1-2H3;1H. The Hall–Kier alpha value is -0.280. The first-order valence-corrected chi connectivity index (χ1v) is 7.70. The lowest BCUT2D eigenvalue weighted by molar-refractivity contribution is -0.132. The van der Waals surface area contributed by atoms with Crippen molar-refractivity contribution in [1.29, 1.82) is 0 Å². The fourth-order valence-corrected chi connectivity index (χ4v) is 2.84. The van der Waals surface area contributed by atoms with Crippen molar-refractivity contribution in [3.8, 4) is 0 Å². The third-order valence-corrected chi connectivity index (χ3v) is 3.87. The Morgan fingerprint density at radius 3 is 2.53 bits per heavy atom. The highest BCUT2D eigenvalue weighted by molar-refractivity contribution is 5.85. The van der Waals surface area contributed by atoms with Crippen molar-refractivity contribution >= 4 is 18.3 Å². The third-order valence-electron chi connectivity index (χ3n) is 3.87. The van der Waals surface area contributed by atoms with Crippen LogP contribution in [0.15, 0.2) is 0 Å². The SMILES string of the molecule is CCCN(CC1CCCCC1)C(=O)CCCNC.Cl. The van der Waals surface area contributed by atoms with Crippen LogP contribution < -0.4 is 5.32 Å². The molecule has 1 fully saturated rings. The van der Waals surface area contributed by atoms with Gasteiger partial charge in [-0.05, 0) is 45.2 Å². The fraction of sp³-hybridized carbons (Fsp3) is 0.933. The zero-order valence-corrected chi connectivity index (χ0v) is 13.4. The highest BCUT2D eigenvalue weighted by atomic mass is 35.5. The van der Waals surface area contributed by atoms with E-state index in [4.69, 9.17) is 0 Å². The van der Waals surface area contributed by atoms with E-state index in [-0.39, 0.29) is 12.4 Å². The largest absolute Gasteiger partial charge is 0.342 e. The van der Waals surface area contributed by atoms with Gasteiger partial charge in [0, 0.05) is 19.5 Å². The summed E-state index contributed by atoms with van der Waals surface area (Å²) in [7, 11) is 1.94. The van der Waals surface area contributed by atoms with Gasteiger partial charge in [0.25, 0.3) is 0 Å². The zero-order chi connectivity index (χ0) is 13.2. The molecule has 0 saturated heterocycles. The first-order chi connectivity index (χ1) is 8.77. The minimum absolute atomic E-state index is 0. The summed E-state index contributed by atoms with van der Waals surface area (Å²) in [4.78, 5) is 14.3. The summed E-state index contributed by atoms with van der Waals surface area (Å²) < 4.78 is 0. The van der Waals surface area contributed by atoms with E-state index in [0.29, 0.717) is 12.3 Å². The summed E-state index contributed by atoms with van der Waals surface area (Å²) >= 11 is 0. The van der Waals surface area contributed by atoms with Crippen molar-refractivity contribution in [1.82, 2.24) is 10.2 Å². The summed E-state index contributed by atoms with van der Waals surface area (Å²) in [5.41, 5.74) is 0. The molecule has 0 aromatic rings. The summed E-state index contributed by atoms with van der Waals surface area (Å²) in [6, 6.07) is 0. The Bertz CT molecular complexity index is 230. The van der Waals surface area contributed by atoms with Crippen LogP contribution in [0.3, 0.4) is 0 Å². The first kappa shape index (κ1) is 18.7. The minimum Gasteiger partial charge on any atom is -0.342 e. The van der Waals surface area contributed by atoms with Crippen LogP contribution in [0.2, 0.25) is 0 Å². The summed E-state index contributed by atoms with van der Waals surface area (Å²) in [5, 5.41) is 3.10. The smallest absolute Gasteiger partial charge is 0.222 e. The monoisotopic (exact) mass is 290 g/mol. The van der Waals surface area contributed by atoms with E-state index < -0.39 is 0 Å². The van der Waals surface area contributed by atoms with E-state index in [1.807, 2.05) is 7.05 Å². The van der Waals surface area contributed by atoms with Gasteiger partial charge in [-0.15, -0.1) is 12.4 Å². The number of nitrogens with zero attached hydrogens (tertiary/aromatic N) is 1. The second-order valence-electron chi connectivity index (χ2n) is 5.55. The Morgan fingerprint density at radius 2 is 1.95 bits per heavy atom. The van der Waals surface area contributed by atoms with Gasteiger partial charge in [0.15, 0.2) is 0 Å². The number of carbonyl (C=O) groups excluding carboxylic acids is 1. The van der Waals surface area contributed by atoms with Crippen molar-refractivity contribution in [2.75, 3.05) is 26.7 Å². The van der Waals surface area contributed by atoms with Crippen LogP contribution in [0, 0.1) is 5.92 Å². The maximum atomic E-state index is 12.2.